The van der Waals surface area contributed by atoms with E-state index >= 15 is 0 Å². The van der Waals surface area contributed by atoms with Gasteiger partial charge in [-0.3, -0.25) is 4.79 Å². The molecule has 6 heteroatoms. The summed E-state index contributed by atoms with van der Waals surface area (Å²) in [5, 5.41) is 12.4. The lowest BCUT2D eigenvalue weighted by Crippen LogP contribution is -2.23. The van der Waals surface area contributed by atoms with Gasteiger partial charge in [0.2, 0.25) is 0 Å². The van der Waals surface area contributed by atoms with Crippen molar-refractivity contribution in [2.45, 2.75) is 19.9 Å². The molecular formula is C24H22ClNO4. The lowest BCUT2D eigenvalue weighted by atomic mass is 10.0. The predicted octanol–water partition coefficient (Wildman–Crippen LogP) is 5.42. The van der Waals surface area contributed by atoms with E-state index in [0.717, 1.165) is 23.1 Å². The van der Waals surface area contributed by atoms with Gasteiger partial charge in [-0.1, -0.05) is 48.9 Å². The molecule has 0 fully saturated rings. The fourth-order valence-electron chi connectivity index (χ4n) is 2.96. The number of benzene rings is 3. The van der Waals surface area contributed by atoms with Gasteiger partial charge in [-0.2, -0.15) is 0 Å². The summed E-state index contributed by atoms with van der Waals surface area (Å²) in [5.74, 6) is -0.613. The number of hydrogen-bond donors (Lipinski definition) is 2. The number of nitrogens with one attached hydrogen (secondary N) is 1. The minimum absolute atomic E-state index is 0.229. The van der Waals surface area contributed by atoms with E-state index in [1.807, 2.05) is 37.3 Å². The van der Waals surface area contributed by atoms with Crippen molar-refractivity contribution in [3.05, 3.63) is 88.4 Å². The molecule has 0 bridgehead atoms. The van der Waals surface area contributed by atoms with Crippen LogP contribution in [0.25, 0.3) is 11.1 Å². The molecule has 0 heterocycles. The zero-order valence-electron chi connectivity index (χ0n) is 16.5. The second kappa shape index (κ2) is 9.94. The van der Waals surface area contributed by atoms with Crippen LogP contribution < -0.4 is 10.1 Å². The van der Waals surface area contributed by atoms with Crippen LogP contribution in [0.4, 0.5) is 0 Å². The van der Waals surface area contributed by atoms with Gasteiger partial charge < -0.3 is 15.2 Å². The van der Waals surface area contributed by atoms with E-state index in [1.54, 1.807) is 36.4 Å². The molecule has 30 heavy (non-hydrogen) atoms. The largest absolute Gasteiger partial charge is 0.494 e. The van der Waals surface area contributed by atoms with Gasteiger partial charge in [-0.05, 0) is 59.5 Å². The second-order valence-corrected chi connectivity index (χ2v) is 7.17. The minimum atomic E-state index is -0.969. The molecule has 0 unspecified atom stereocenters. The Morgan fingerprint density at radius 1 is 1.00 bits per heavy atom. The smallest absolute Gasteiger partial charge is 0.335 e. The van der Waals surface area contributed by atoms with Crippen LogP contribution in [0.5, 0.6) is 5.75 Å². The van der Waals surface area contributed by atoms with Gasteiger partial charge in [0.1, 0.15) is 5.75 Å². The Hall–Kier alpha value is -3.31. The maximum atomic E-state index is 12.5. The number of rotatable bonds is 8. The van der Waals surface area contributed by atoms with Crippen molar-refractivity contribution in [2.24, 2.45) is 0 Å². The van der Waals surface area contributed by atoms with Crippen molar-refractivity contribution in [3.8, 4) is 16.9 Å². The summed E-state index contributed by atoms with van der Waals surface area (Å²) in [5.41, 5.74) is 3.17. The quantitative estimate of drug-likeness (QED) is 0.507. The molecule has 0 saturated carbocycles. The number of halogens is 1. The molecule has 154 valence electrons. The standard InChI is InChI=1S/C24H22ClNO4/c1-2-11-30-20-9-10-21(22(25)14-20)23(27)26-15-16-5-3-6-17(12-16)18-7-4-8-19(13-18)24(28)29/h3-10,12-14H,2,11,15H2,1H3,(H,26,27)(H,28,29). The van der Waals surface area contributed by atoms with Crippen molar-refractivity contribution < 1.29 is 19.4 Å². The van der Waals surface area contributed by atoms with Crippen LogP contribution in [0.1, 0.15) is 39.6 Å². The van der Waals surface area contributed by atoms with Crippen LogP contribution in [0.2, 0.25) is 5.02 Å². The first-order chi connectivity index (χ1) is 14.5. The van der Waals surface area contributed by atoms with Crippen molar-refractivity contribution in [1.29, 1.82) is 0 Å². The van der Waals surface area contributed by atoms with E-state index < -0.39 is 5.97 Å². The van der Waals surface area contributed by atoms with E-state index in [1.165, 1.54) is 0 Å². The highest BCUT2D eigenvalue weighted by Gasteiger charge is 2.12. The molecule has 0 saturated heterocycles. The van der Waals surface area contributed by atoms with Crippen molar-refractivity contribution >= 4 is 23.5 Å². The molecule has 5 nitrogen and oxygen atoms in total. The van der Waals surface area contributed by atoms with E-state index in [0.29, 0.717) is 29.5 Å². The molecule has 0 spiro atoms. The number of carbonyl (C=O) groups excluding carboxylic acids is 1. The monoisotopic (exact) mass is 423 g/mol. The van der Waals surface area contributed by atoms with Gasteiger partial charge in [-0.25, -0.2) is 4.79 Å². The molecule has 3 aromatic rings. The summed E-state index contributed by atoms with van der Waals surface area (Å²) in [4.78, 5) is 23.7. The predicted molar refractivity (Wildman–Crippen MR) is 117 cm³/mol. The molecule has 2 N–H and O–H groups in total. The van der Waals surface area contributed by atoms with E-state index in [2.05, 4.69) is 5.32 Å². The summed E-state index contributed by atoms with van der Waals surface area (Å²) in [7, 11) is 0. The summed E-state index contributed by atoms with van der Waals surface area (Å²) in [6, 6.07) is 19.4. The maximum Gasteiger partial charge on any atom is 0.335 e. The third kappa shape index (κ3) is 5.39. The van der Waals surface area contributed by atoms with Gasteiger partial charge in [-0.15, -0.1) is 0 Å². The van der Waals surface area contributed by atoms with Gasteiger partial charge in [0, 0.05) is 6.54 Å². The van der Waals surface area contributed by atoms with Crippen molar-refractivity contribution in [1.82, 2.24) is 5.32 Å². The highest BCUT2D eigenvalue weighted by molar-refractivity contribution is 6.34. The molecule has 0 aromatic heterocycles. The second-order valence-electron chi connectivity index (χ2n) is 6.76. The first-order valence-corrected chi connectivity index (χ1v) is 9.99. The van der Waals surface area contributed by atoms with Crippen LogP contribution in [-0.2, 0) is 6.54 Å². The number of aromatic carboxylic acids is 1. The van der Waals surface area contributed by atoms with E-state index in [-0.39, 0.29) is 11.5 Å². The third-order valence-corrected chi connectivity index (χ3v) is 4.79. The number of ether oxygens (including phenoxy) is 1. The Morgan fingerprint density at radius 2 is 1.73 bits per heavy atom. The lowest BCUT2D eigenvalue weighted by Gasteiger charge is -2.10. The van der Waals surface area contributed by atoms with Crippen LogP contribution >= 0.6 is 11.6 Å². The summed E-state index contributed by atoms with van der Waals surface area (Å²) < 4.78 is 5.53. The average Bonchev–Trinajstić information content (AvgIpc) is 2.76. The molecular weight excluding hydrogens is 402 g/mol. The van der Waals surface area contributed by atoms with Crippen LogP contribution in [0.15, 0.2) is 66.7 Å². The average molecular weight is 424 g/mol. The van der Waals surface area contributed by atoms with E-state index in [4.69, 9.17) is 16.3 Å². The van der Waals surface area contributed by atoms with Gasteiger partial charge in [0.15, 0.2) is 0 Å². The summed E-state index contributed by atoms with van der Waals surface area (Å²) in [6.45, 7) is 2.92. The number of amides is 1. The molecule has 1 amide bonds. The Labute approximate surface area is 180 Å². The first kappa shape index (κ1) is 21.4. The lowest BCUT2D eigenvalue weighted by molar-refractivity contribution is 0.0696. The molecule has 0 aliphatic rings. The number of carboxylic acids is 1. The highest BCUT2D eigenvalue weighted by atomic mass is 35.5. The normalized spacial score (nSPS) is 10.5. The fraction of sp³-hybridized carbons (Fsp3) is 0.167. The van der Waals surface area contributed by atoms with E-state index in [9.17, 15) is 14.7 Å². The molecule has 3 aromatic carbocycles. The Kier molecular flexibility index (Phi) is 7.09. The number of carboxylic acid groups (broad SMARTS) is 1. The Balaban J connectivity index is 1.69. The summed E-state index contributed by atoms with van der Waals surface area (Å²) in [6.07, 6.45) is 0.888. The highest BCUT2D eigenvalue weighted by Crippen LogP contribution is 2.24. The molecule has 3 rings (SSSR count). The zero-order chi connectivity index (χ0) is 21.5. The molecule has 0 aliphatic heterocycles. The molecule has 0 atom stereocenters. The zero-order valence-corrected chi connectivity index (χ0v) is 17.3. The maximum absolute atomic E-state index is 12.5. The molecule has 0 radical (unpaired) electrons. The Bertz CT molecular complexity index is 1060. The number of hydrogen-bond acceptors (Lipinski definition) is 3. The fourth-order valence-corrected chi connectivity index (χ4v) is 3.22. The van der Waals surface area contributed by atoms with Gasteiger partial charge in [0.25, 0.3) is 5.91 Å². The SMILES string of the molecule is CCCOc1ccc(C(=O)NCc2cccc(-c3cccc(C(=O)O)c3)c2)c(Cl)c1. The topological polar surface area (TPSA) is 75.6 Å². The minimum Gasteiger partial charge on any atom is -0.494 e. The van der Waals surface area contributed by atoms with Crippen molar-refractivity contribution in [3.63, 3.8) is 0 Å². The van der Waals surface area contributed by atoms with Crippen molar-refractivity contribution in [2.75, 3.05) is 6.61 Å². The summed E-state index contributed by atoms with van der Waals surface area (Å²) >= 11 is 6.24. The van der Waals surface area contributed by atoms with Crippen LogP contribution in [0, 0.1) is 0 Å². The number of carbonyl (C=O) groups is 2. The Morgan fingerprint density at radius 3 is 2.43 bits per heavy atom. The first-order valence-electron chi connectivity index (χ1n) is 9.61. The van der Waals surface area contributed by atoms with Crippen LogP contribution in [0.3, 0.4) is 0 Å². The van der Waals surface area contributed by atoms with Gasteiger partial charge in [0.05, 0.1) is 22.8 Å². The van der Waals surface area contributed by atoms with Crippen LogP contribution in [-0.4, -0.2) is 23.6 Å². The third-order valence-electron chi connectivity index (χ3n) is 4.48. The molecule has 0 aliphatic carbocycles. The van der Waals surface area contributed by atoms with Gasteiger partial charge >= 0.3 is 5.97 Å².